The minimum absolute atomic E-state index is 0.605. The van der Waals surface area contributed by atoms with Crippen LogP contribution in [0.4, 0.5) is 4.39 Å². The average Bonchev–Trinajstić information content (AvgIpc) is 3.01. The highest BCUT2D eigenvalue weighted by Gasteiger charge is 2.14. The molecule has 0 amide bonds. The van der Waals surface area contributed by atoms with Crippen molar-refractivity contribution >= 4 is 0 Å². The molecule has 6 nitrogen and oxygen atoms in total. The molecule has 0 aliphatic carbocycles. The molecule has 0 aliphatic heterocycles. The van der Waals surface area contributed by atoms with E-state index in [1.54, 1.807) is 10.9 Å². The highest BCUT2D eigenvalue weighted by molar-refractivity contribution is 5.67. The van der Waals surface area contributed by atoms with E-state index in [-0.39, 0.29) is 0 Å². The van der Waals surface area contributed by atoms with Gasteiger partial charge in [-0.15, -0.1) is 0 Å². The van der Waals surface area contributed by atoms with Gasteiger partial charge in [0, 0.05) is 29.2 Å². The third-order valence-corrected chi connectivity index (χ3v) is 3.39. The maximum Gasteiger partial charge on any atom is 0.308 e. The molecule has 0 aromatic carbocycles. The standard InChI is InChI=1S/C15H15FN6.C2H6/c1-4-14-13(12-7-17-10(3)20-9(12)2)8-22(21-14)11-5-18-15(16)19-6-11;1-2/h5-8H,4H2,1-3H3;1-2H3. The van der Waals surface area contributed by atoms with Crippen molar-refractivity contribution < 1.29 is 4.39 Å². The van der Waals surface area contributed by atoms with E-state index in [2.05, 4.69) is 25.0 Å². The quantitative estimate of drug-likeness (QED) is 0.689. The van der Waals surface area contributed by atoms with Crippen molar-refractivity contribution in [2.75, 3.05) is 0 Å². The lowest BCUT2D eigenvalue weighted by Crippen LogP contribution is -1.99. The Morgan fingerprint density at radius 3 is 2.25 bits per heavy atom. The molecular formula is C17H21FN6. The van der Waals surface area contributed by atoms with Crippen LogP contribution in [0.5, 0.6) is 0 Å². The fraction of sp³-hybridized carbons (Fsp3) is 0.353. The van der Waals surface area contributed by atoms with Crippen molar-refractivity contribution in [1.82, 2.24) is 29.7 Å². The van der Waals surface area contributed by atoms with Crippen LogP contribution >= 0.6 is 0 Å². The zero-order valence-corrected chi connectivity index (χ0v) is 14.6. The van der Waals surface area contributed by atoms with Gasteiger partial charge in [-0.2, -0.15) is 9.49 Å². The lowest BCUT2D eigenvalue weighted by atomic mass is 10.1. The number of aryl methyl sites for hydroxylation is 3. The van der Waals surface area contributed by atoms with E-state index in [1.165, 1.54) is 12.4 Å². The maximum absolute atomic E-state index is 12.8. The van der Waals surface area contributed by atoms with Gasteiger partial charge in [0.25, 0.3) is 0 Å². The molecule has 3 aromatic heterocycles. The first-order chi connectivity index (χ1) is 11.6. The molecule has 3 heterocycles. The summed E-state index contributed by atoms with van der Waals surface area (Å²) in [5.41, 5.74) is 4.33. The minimum atomic E-state index is -0.755. The Hall–Kier alpha value is -2.70. The summed E-state index contributed by atoms with van der Waals surface area (Å²) in [5, 5.41) is 4.53. The summed E-state index contributed by atoms with van der Waals surface area (Å²) in [6.45, 7) is 9.83. The van der Waals surface area contributed by atoms with Crippen molar-refractivity contribution in [3.05, 3.63) is 48.1 Å². The molecule has 7 heteroatoms. The third kappa shape index (κ3) is 3.61. The van der Waals surface area contributed by atoms with Gasteiger partial charge in [-0.05, 0) is 20.3 Å². The number of aromatic nitrogens is 6. The number of hydrogen-bond acceptors (Lipinski definition) is 5. The Kier molecular flexibility index (Phi) is 5.68. The van der Waals surface area contributed by atoms with E-state index in [0.717, 1.165) is 34.8 Å². The number of rotatable bonds is 3. The molecule has 126 valence electrons. The first-order valence-electron chi connectivity index (χ1n) is 7.95. The lowest BCUT2D eigenvalue weighted by Gasteiger charge is -2.04. The molecule has 0 unspecified atom stereocenters. The van der Waals surface area contributed by atoms with E-state index in [4.69, 9.17) is 0 Å². The van der Waals surface area contributed by atoms with Gasteiger partial charge in [0.15, 0.2) is 0 Å². The van der Waals surface area contributed by atoms with Crippen LogP contribution in [0.1, 0.15) is 38.0 Å². The largest absolute Gasteiger partial charge is 0.308 e. The van der Waals surface area contributed by atoms with Crippen molar-refractivity contribution in [3.8, 4) is 16.8 Å². The predicted molar refractivity (Wildman–Crippen MR) is 90.3 cm³/mol. The van der Waals surface area contributed by atoms with Crippen molar-refractivity contribution in [3.63, 3.8) is 0 Å². The highest BCUT2D eigenvalue weighted by atomic mass is 19.1. The molecule has 3 rings (SSSR count). The second kappa shape index (κ2) is 7.72. The minimum Gasteiger partial charge on any atom is -0.241 e. The smallest absolute Gasteiger partial charge is 0.241 e. The number of nitrogens with zero attached hydrogens (tertiary/aromatic N) is 6. The fourth-order valence-electron chi connectivity index (χ4n) is 2.30. The van der Waals surface area contributed by atoms with E-state index in [9.17, 15) is 4.39 Å². The lowest BCUT2D eigenvalue weighted by molar-refractivity contribution is 0.536. The number of halogens is 1. The van der Waals surface area contributed by atoms with Crippen LogP contribution in [0.2, 0.25) is 0 Å². The van der Waals surface area contributed by atoms with Crippen LogP contribution in [-0.2, 0) is 6.42 Å². The average molecular weight is 328 g/mol. The van der Waals surface area contributed by atoms with Crippen LogP contribution in [0.15, 0.2) is 24.8 Å². The molecule has 0 fully saturated rings. The monoisotopic (exact) mass is 328 g/mol. The van der Waals surface area contributed by atoms with Crippen molar-refractivity contribution in [2.45, 2.75) is 41.0 Å². The Balaban J connectivity index is 0.00000100. The van der Waals surface area contributed by atoms with Crippen LogP contribution in [0.25, 0.3) is 16.8 Å². The molecule has 0 atom stereocenters. The van der Waals surface area contributed by atoms with Gasteiger partial charge >= 0.3 is 6.08 Å². The Morgan fingerprint density at radius 2 is 1.67 bits per heavy atom. The zero-order chi connectivity index (χ0) is 17.7. The summed E-state index contributed by atoms with van der Waals surface area (Å²) in [4.78, 5) is 15.8. The maximum atomic E-state index is 12.8. The first-order valence-corrected chi connectivity index (χ1v) is 7.95. The second-order valence-electron chi connectivity index (χ2n) is 4.91. The van der Waals surface area contributed by atoms with E-state index < -0.39 is 6.08 Å². The molecule has 3 aromatic rings. The Bertz CT molecular complexity index is 810. The molecule has 0 spiro atoms. The summed E-state index contributed by atoms with van der Waals surface area (Å²) in [5.74, 6) is 0.735. The van der Waals surface area contributed by atoms with Crippen molar-refractivity contribution in [1.29, 1.82) is 0 Å². The Morgan fingerprint density at radius 1 is 1.00 bits per heavy atom. The fourth-order valence-corrected chi connectivity index (χ4v) is 2.30. The highest BCUT2D eigenvalue weighted by Crippen LogP contribution is 2.26. The molecule has 0 N–H and O–H groups in total. The molecule has 0 saturated carbocycles. The van der Waals surface area contributed by atoms with Gasteiger partial charge in [0.2, 0.25) is 0 Å². The zero-order valence-electron chi connectivity index (χ0n) is 14.6. The van der Waals surface area contributed by atoms with Gasteiger partial charge in [-0.3, -0.25) is 0 Å². The first kappa shape index (κ1) is 17.7. The molecule has 0 radical (unpaired) electrons. The van der Waals surface area contributed by atoms with Crippen LogP contribution in [0, 0.1) is 19.9 Å². The molecule has 0 bridgehead atoms. The van der Waals surface area contributed by atoms with Crippen LogP contribution in [-0.4, -0.2) is 29.7 Å². The summed E-state index contributed by atoms with van der Waals surface area (Å²) < 4.78 is 14.5. The van der Waals surface area contributed by atoms with E-state index in [0.29, 0.717) is 5.69 Å². The SMILES string of the molecule is CC.CCc1nn(-c2cnc(F)nc2)cc1-c1cnc(C)nc1C. The van der Waals surface area contributed by atoms with Gasteiger partial charge in [0.05, 0.1) is 18.1 Å². The van der Waals surface area contributed by atoms with Crippen molar-refractivity contribution in [2.24, 2.45) is 0 Å². The Labute approximate surface area is 140 Å². The summed E-state index contributed by atoms with van der Waals surface area (Å²) in [6.07, 6.45) is 6.48. The van der Waals surface area contributed by atoms with Gasteiger partial charge in [-0.25, -0.2) is 24.6 Å². The predicted octanol–water partition coefficient (Wildman–Crippen LogP) is 3.46. The molecular weight excluding hydrogens is 307 g/mol. The van der Waals surface area contributed by atoms with Crippen LogP contribution < -0.4 is 0 Å². The van der Waals surface area contributed by atoms with Gasteiger partial charge in [0.1, 0.15) is 11.5 Å². The molecule has 24 heavy (non-hydrogen) atoms. The molecule has 0 aliphatic rings. The second-order valence-corrected chi connectivity index (χ2v) is 4.91. The summed E-state index contributed by atoms with van der Waals surface area (Å²) in [6, 6.07) is 0. The van der Waals surface area contributed by atoms with Crippen LogP contribution in [0.3, 0.4) is 0 Å². The van der Waals surface area contributed by atoms with E-state index in [1.807, 2.05) is 40.8 Å². The third-order valence-electron chi connectivity index (χ3n) is 3.39. The summed E-state index contributed by atoms with van der Waals surface area (Å²) >= 11 is 0. The van der Waals surface area contributed by atoms with Gasteiger partial charge in [-0.1, -0.05) is 20.8 Å². The summed E-state index contributed by atoms with van der Waals surface area (Å²) in [7, 11) is 0. The number of hydrogen-bond donors (Lipinski definition) is 0. The normalized spacial score (nSPS) is 10.2. The van der Waals surface area contributed by atoms with Gasteiger partial charge < -0.3 is 0 Å². The van der Waals surface area contributed by atoms with E-state index >= 15 is 0 Å². The topological polar surface area (TPSA) is 69.4 Å². The molecule has 0 saturated heterocycles.